The van der Waals surface area contributed by atoms with Crippen LogP contribution >= 0.6 is 23.2 Å². The van der Waals surface area contributed by atoms with Crippen LogP contribution in [0.3, 0.4) is 0 Å². The van der Waals surface area contributed by atoms with E-state index in [-0.39, 0.29) is 34.6 Å². The Morgan fingerprint density at radius 3 is 2.37 bits per heavy atom. The molecule has 38 heavy (non-hydrogen) atoms. The van der Waals surface area contributed by atoms with Crippen LogP contribution in [-0.4, -0.2) is 65.3 Å². The van der Waals surface area contributed by atoms with Gasteiger partial charge in [0.2, 0.25) is 17.7 Å². The van der Waals surface area contributed by atoms with E-state index in [0.717, 1.165) is 0 Å². The lowest BCUT2D eigenvalue weighted by molar-refractivity contribution is -0.139. The number of hydrogen-bond acceptors (Lipinski definition) is 6. The van der Waals surface area contributed by atoms with E-state index in [1.54, 1.807) is 12.1 Å². The molecule has 2 aromatic rings. The van der Waals surface area contributed by atoms with Crippen LogP contribution in [0.4, 0.5) is 0 Å². The van der Waals surface area contributed by atoms with Gasteiger partial charge in [-0.1, -0.05) is 30.1 Å². The normalized spacial score (nSPS) is 11.6. The zero-order valence-corrected chi connectivity index (χ0v) is 22.3. The molecule has 0 aliphatic carbocycles. The van der Waals surface area contributed by atoms with E-state index >= 15 is 0 Å². The van der Waals surface area contributed by atoms with Crippen LogP contribution in [0.1, 0.15) is 41.9 Å². The number of aliphatic carboxylic acids is 1. The zero-order valence-electron chi connectivity index (χ0n) is 20.8. The molecule has 204 valence electrons. The molecule has 0 fully saturated rings. The molecule has 0 aliphatic heterocycles. The summed E-state index contributed by atoms with van der Waals surface area (Å²) in [4.78, 5) is 61.5. The van der Waals surface area contributed by atoms with Crippen LogP contribution in [0.5, 0.6) is 0 Å². The average molecular weight is 567 g/mol. The van der Waals surface area contributed by atoms with Crippen molar-refractivity contribution in [3.8, 4) is 0 Å². The number of carboxylic acid groups (broad SMARTS) is 1. The fraction of sp³-hybridized carbons (Fsp3) is 0.320. The van der Waals surface area contributed by atoms with Gasteiger partial charge in [0.15, 0.2) is 0 Å². The Bertz CT molecular complexity index is 1180. The SMILES string of the molecule is CCCN(CC(=O)NC[C@H](NC(=O)c1c(Cl)cc(CNC(=O)/C=C/c2ccco2)cc1Cl)C(=O)O)C(C)=O. The van der Waals surface area contributed by atoms with Crippen LogP contribution in [0.15, 0.2) is 41.0 Å². The smallest absolute Gasteiger partial charge is 0.328 e. The van der Waals surface area contributed by atoms with Crippen molar-refractivity contribution < 1.29 is 33.5 Å². The molecule has 0 bridgehead atoms. The number of furan rings is 1. The second kappa shape index (κ2) is 14.8. The van der Waals surface area contributed by atoms with E-state index in [0.29, 0.717) is 24.3 Å². The minimum absolute atomic E-state index is 0.0573. The molecular weight excluding hydrogens is 539 g/mol. The number of benzene rings is 1. The van der Waals surface area contributed by atoms with Crippen molar-refractivity contribution >= 4 is 58.9 Å². The molecule has 1 heterocycles. The van der Waals surface area contributed by atoms with Gasteiger partial charge in [-0.05, 0) is 42.3 Å². The third-order valence-corrected chi connectivity index (χ3v) is 5.71. The van der Waals surface area contributed by atoms with Crippen molar-refractivity contribution in [1.82, 2.24) is 20.9 Å². The molecule has 4 amide bonds. The highest BCUT2D eigenvalue weighted by Crippen LogP contribution is 2.27. The monoisotopic (exact) mass is 566 g/mol. The number of nitrogens with one attached hydrogen (secondary N) is 3. The fourth-order valence-electron chi connectivity index (χ4n) is 3.23. The molecule has 11 nitrogen and oxygen atoms in total. The van der Waals surface area contributed by atoms with E-state index in [4.69, 9.17) is 27.6 Å². The molecule has 13 heteroatoms. The highest BCUT2D eigenvalue weighted by Gasteiger charge is 2.25. The van der Waals surface area contributed by atoms with Gasteiger partial charge in [0.25, 0.3) is 5.91 Å². The van der Waals surface area contributed by atoms with Crippen molar-refractivity contribution in [1.29, 1.82) is 0 Å². The van der Waals surface area contributed by atoms with Crippen LogP contribution in [0.25, 0.3) is 6.08 Å². The third kappa shape index (κ3) is 9.56. The number of carboxylic acids is 1. The van der Waals surface area contributed by atoms with Gasteiger partial charge in [-0.25, -0.2) is 4.79 Å². The van der Waals surface area contributed by atoms with Gasteiger partial charge in [-0.3, -0.25) is 19.2 Å². The summed E-state index contributed by atoms with van der Waals surface area (Å²) in [6.07, 6.45) is 4.91. The molecule has 1 aromatic carbocycles. The summed E-state index contributed by atoms with van der Waals surface area (Å²) in [5.74, 6) is -3.02. The first-order valence-electron chi connectivity index (χ1n) is 11.5. The summed E-state index contributed by atoms with van der Waals surface area (Å²) < 4.78 is 5.10. The second-order valence-corrected chi connectivity index (χ2v) is 8.92. The highest BCUT2D eigenvalue weighted by molar-refractivity contribution is 6.39. The number of amides is 4. The van der Waals surface area contributed by atoms with Gasteiger partial charge in [-0.15, -0.1) is 0 Å². The average Bonchev–Trinajstić information content (AvgIpc) is 3.36. The topological polar surface area (TPSA) is 158 Å². The molecule has 0 spiro atoms. The summed E-state index contributed by atoms with van der Waals surface area (Å²) in [5.41, 5.74) is 0.338. The van der Waals surface area contributed by atoms with Gasteiger partial charge >= 0.3 is 5.97 Å². The number of rotatable bonds is 13. The van der Waals surface area contributed by atoms with Crippen molar-refractivity contribution in [2.24, 2.45) is 0 Å². The zero-order chi connectivity index (χ0) is 28.2. The highest BCUT2D eigenvalue weighted by atomic mass is 35.5. The van der Waals surface area contributed by atoms with Crippen molar-refractivity contribution in [2.75, 3.05) is 19.6 Å². The third-order valence-electron chi connectivity index (χ3n) is 5.12. The maximum atomic E-state index is 12.8. The predicted molar refractivity (Wildman–Crippen MR) is 140 cm³/mol. The van der Waals surface area contributed by atoms with Gasteiger partial charge in [0.05, 0.1) is 28.4 Å². The second-order valence-electron chi connectivity index (χ2n) is 8.11. The molecule has 0 radical (unpaired) electrons. The first-order chi connectivity index (χ1) is 18.0. The molecule has 1 aromatic heterocycles. The van der Waals surface area contributed by atoms with E-state index < -0.39 is 36.3 Å². The predicted octanol–water partition coefficient (Wildman–Crippen LogP) is 2.47. The molecule has 0 saturated heterocycles. The van der Waals surface area contributed by atoms with E-state index in [2.05, 4.69) is 16.0 Å². The molecule has 0 aliphatic rings. The van der Waals surface area contributed by atoms with Gasteiger partial charge < -0.3 is 30.4 Å². The standard InChI is InChI=1S/C25H28Cl2N4O7/c1-3-8-31(15(2)32)14-22(34)29-13-20(25(36)37)30-24(35)23-18(26)10-16(11-19(23)27)12-28-21(33)7-6-17-5-4-9-38-17/h4-7,9-11,20H,3,8,12-14H2,1-2H3,(H,28,33)(H,29,34)(H,30,35)(H,36,37)/b7-6+/t20-/m0/s1. The van der Waals surface area contributed by atoms with Crippen LogP contribution in [0.2, 0.25) is 10.0 Å². The number of nitrogens with zero attached hydrogens (tertiary/aromatic N) is 1. The lowest BCUT2D eigenvalue weighted by Crippen LogP contribution is -2.50. The molecule has 1 atom stereocenters. The maximum Gasteiger partial charge on any atom is 0.328 e. The Balaban J connectivity index is 1.98. The Hall–Kier alpha value is -3.83. The number of halogens is 2. The van der Waals surface area contributed by atoms with Crippen LogP contribution in [0, 0.1) is 0 Å². The van der Waals surface area contributed by atoms with Crippen molar-refractivity contribution in [3.05, 3.63) is 63.5 Å². The van der Waals surface area contributed by atoms with Crippen molar-refractivity contribution in [3.63, 3.8) is 0 Å². The first-order valence-corrected chi connectivity index (χ1v) is 12.3. The molecule has 2 rings (SSSR count). The summed E-state index contributed by atoms with van der Waals surface area (Å²) in [6, 6.07) is 4.72. The minimum atomic E-state index is -1.49. The number of carbonyl (C=O) groups excluding carboxylic acids is 4. The lowest BCUT2D eigenvalue weighted by atomic mass is 10.1. The van der Waals surface area contributed by atoms with E-state index in [1.165, 1.54) is 42.4 Å². The Labute approximate surface area is 229 Å². The van der Waals surface area contributed by atoms with Gasteiger partial charge in [0.1, 0.15) is 11.8 Å². The number of hydrogen-bond donors (Lipinski definition) is 4. The largest absolute Gasteiger partial charge is 0.480 e. The maximum absolute atomic E-state index is 12.8. The fourth-order valence-corrected chi connectivity index (χ4v) is 3.93. The summed E-state index contributed by atoms with van der Waals surface area (Å²) in [6.45, 7) is 2.95. The van der Waals surface area contributed by atoms with Crippen LogP contribution in [-0.2, 0) is 25.7 Å². The quantitative estimate of drug-likeness (QED) is 0.271. The molecule has 0 unspecified atom stereocenters. The first kappa shape index (κ1) is 30.4. The summed E-state index contributed by atoms with van der Waals surface area (Å²) >= 11 is 12.5. The molecule has 4 N–H and O–H groups in total. The van der Waals surface area contributed by atoms with Crippen LogP contribution < -0.4 is 16.0 Å². The Morgan fingerprint density at radius 1 is 1.13 bits per heavy atom. The summed E-state index contributed by atoms with van der Waals surface area (Å²) in [7, 11) is 0. The summed E-state index contributed by atoms with van der Waals surface area (Å²) in [5, 5.41) is 16.7. The van der Waals surface area contributed by atoms with Gasteiger partial charge in [-0.2, -0.15) is 0 Å². The Morgan fingerprint density at radius 2 is 1.82 bits per heavy atom. The minimum Gasteiger partial charge on any atom is -0.480 e. The van der Waals surface area contributed by atoms with E-state index in [9.17, 15) is 29.1 Å². The lowest BCUT2D eigenvalue weighted by Gasteiger charge is -2.21. The Kier molecular flexibility index (Phi) is 11.8. The number of carbonyl (C=O) groups is 5. The molecular formula is C25H28Cl2N4O7. The van der Waals surface area contributed by atoms with Gasteiger partial charge in [0, 0.05) is 32.6 Å². The van der Waals surface area contributed by atoms with E-state index in [1.807, 2.05) is 6.92 Å². The van der Waals surface area contributed by atoms with Crippen molar-refractivity contribution in [2.45, 2.75) is 32.9 Å². The molecule has 0 saturated carbocycles.